The van der Waals surface area contributed by atoms with Crippen molar-refractivity contribution in [1.29, 1.82) is 0 Å². The molecule has 5 heteroatoms. The van der Waals surface area contributed by atoms with Gasteiger partial charge in [0.25, 0.3) is 0 Å². The zero-order valence-electron chi connectivity index (χ0n) is 29.8. The van der Waals surface area contributed by atoms with E-state index in [1.54, 1.807) is 0 Å². The Labute approximate surface area is 275 Å². The Bertz CT molecular complexity index is 1160. The van der Waals surface area contributed by atoms with Crippen LogP contribution in [0.2, 0.25) is 0 Å². The van der Waals surface area contributed by atoms with Gasteiger partial charge in [0.15, 0.2) is 0 Å². The first-order valence-corrected chi connectivity index (χ1v) is 19.2. The average molecular weight is 623 g/mol. The third-order valence-electron chi connectivity index (χ3n) is 17.0. The lowest BCUT2D eigenvalue weighted by Crippen LogP contribution is -2.67. The van der Waals surface area contributed by atoms with Gasteiger partial charge in [0, 0.05) is 25.7 Å². The Balaban J connectivity index is 1.13. The van der Waals surface area contributed by atoms with E-state index in [0.717, 1.165) is 71.4 Å². The topological polar surface area (TPSA) is 61.8 Å². The quantitative estimate of drug-likeness (QED) is 0.310. The summed E-state index contributed by atoms with van der Waals surface area (Å²) >= 11 is 0. The lowest BCUT2D eigenvalue weighted by Gasteiger charge is -2.72. The summed E-state index contributed by atoms with van der Waals surface area (Å²) in [6, 6.07) is 0.337. The van der Waals surface area contributed by atoms with Gasteiger partial charge in [-0.3, -0.25) is 9.69 Å². The lowest BCUT2D eigenvalue weighted by atomic mass is 9.32. The van der Waals surface area contributed by atoms with Gasteiger partial charge in [0.05, 0.1) is 24.7 Å². The van der Waals surface area contributed by atoms with E-state index in [1.165, 1.54) is 50.5 Å². The van der Waals surface area contributed by atoms with Crippen LogP contribution in [0, 0.1) is 62.6 Å². The van der Waals surface area contributed by atoms with Crippen molar-refractivity contribution in [3.05, 3.63) is 12.2 Å². The molecule has 0 radical (unpaired) electrons. The highest BCUT2D eigenvalue weighted by atomic mass is 16.5. The van der Waals surface area contributed by atoms with Gasteiger partial charge in [-0.25, -0.2) is 0 Å². The van der Waals surface area contributed by atoms with Crippen LogP contribution in [0.15, 0.2) is 12.2 Å². The Hall–Kier alpha value is -0.910. The van der Waals surface area contributed by atoms with E-state index in [1.807, 2.05) is 0 Å². The molecule has 0 spiro atoms. The van der Waals surface area contributed by atoms with Gasteiger partial charge in [-0.05, 0) is 148 Å². The number of carbonyl (C=O) groups excluding carboxylic acids is 1. The Morgan fingerprint density at radius 1 is 0.867 bits per heavy atom. The molecule has 6 saturated carbocycles. The highest BCUT2D eigenvalue weighted by Crippen LogP contribution is 2.77. The second kappa shape index (κ2) is 11.3. The standard InChI is InChI=1S/C40H66N2O3/c1-26(2)29-12-17-40(35(44)41-28-9-8-27(24-28)25-42-20-22-45-23-21-42)19-18-38(6)30(34(29)40)10-11-32-37(5)15-14-33(43)36(3,4)31(37)13-16-39(32,38)7/h27-34,43H,1,8-25H2,2-7H3,(H,41,44)/t27-,28?,29-,30+,31-,32+,33-,34+,37-,38+,39+,40-/m0/s1. The Kier molecular flexibility index (Phi) is 8.21. The van der Waals surface area contributed by atoms with Crippen molar-refractivity contribution in [3.8, 4) is 0 Å². The molecule has 0 aromatic carbocycles. The smallest absolute Gasteiger partial charge is 0.226 e. The third-order valence-corrected chi connectivity index (χ3v) is 17.0. The zero-order chi connectivity index (χ0) is 32.0. The van der Waals surface area contributed by atoms with Crippen LogP contribution in [0.3, 0.4) is 0 Å². The van der Waals surface area contributed by atoms with E-state index in [-0.39, 0.29) is 27.8 Å². The van der Waals surface area contributed by atoms with Gasteiger partial charge in [-0.15, -0.1) is 0 Å². The fraction of sp³-hybridized carbons (Fsp3) is 0.925. The number of aliphatic hydroxyl groups is 1. The van der Waals surface area contributed by atoms with Gasteiger partial charge in [0.2, 0.25) is 5.91 Å². The molecule has 0 aromatic heterocycles. The minimum absolute atomic E-state index is 0.0101. The number of ether oxygens (including phenoxy) is 1. The minimum atomic E-state index is -0.225. The van der Waals surface area contributed by atoms with Crippen LogP contribution in [0.5, 0.6) is 0 Å². The van der Waals surface area contributed by atoms with Crippen molar-refractivity contribution in [3.63, 3.8) is 0 Å². The first-order valence-electron chi connectivity index (χ1n) is 19.2. The maximum absolute atomic E-state index is 14.7. The molecule has 1 heterocycles. The van der Waals surface area contributed by atoms with Gasteiger partial charge in [0.1, 0.15) is 0 Å². The predicted octanol–water partition coefficient (Wildman–Crippen LogP) is 7.62. The molecule has 5 nitrogen and oxygen atoms in total. The molecule has 7 rings (SSSR count). The second-order valence-corrected chi connectivity index (χ2v) is 19.0. The summed E-state index contributed by atoms with van der Waals surface area (Å²) in [5, 5.41) is 14.8. The zero-order valence-corrected chi connectivity index (χ0v) is 29.8. The van der Waals surface area contributed by atoms with Crippen LogP contribution in [-0.4, -0.2) is 60.9 Å². The van der Waals surface area contributed by atoms with Crippen LogP contribution in [0.1, 0.15) is 125 Å². The number of hydrogen-bond acceptors (Lipinski definition) is 4. The molecule has 45 heavy (non-hydrogen) atoms. The summed E-state index contributed by atoms with van der Waals surface area (Å²) in [7, 11) is 0. The normalized spacial score (nSPS) is 51.0. The first-order chi connectivity index (χ1) is 21.3. The summed E-state index contributed by atoms with van der Waals surface area (Å²) in [6.45, 7) is 24.5. The second-order valence-electron chi connectivity index (χ2n) is 19.0. The number of nitrogens with zero attached hydrogens (tertiary/aromatic N) is 1. The molecule has 1 unspecified atom stereocenters. The summed E-state index contributed by atoms with van der Waals surface area (Å²) in [5.41, 5.74) is 1.90. The largest absolute Gasteiger partial charge is 0.393 e. The summed E-state index contributed by atoms with van der Waals surface area (Å²) in [5.74, 6) is 3.86. The molecular weight excluding hydrogens is 556 g/mol. The molecule has 0 aromatic rings. The van der Waals surface area contributed by atoms with Crippen molar-refractivity contribution in [2.45, 2.75) is 137 Å². The number of aliphatic hydroxyl groups excluding tert-OH is 1. The maximum Gasteiger partial charge on any atom is 0.226 e. The van der Waals surface area contributed by atoms with Crippen LogP contribution < -0.4 is 5.32 Å². The Morgan fingerprint density at radius 3 is 2.36 bits per heavy atom. The van der Waals surface area contributed by atoms with Crippen LogP contribution >= 0.6 is 0 Å². The van der Waals surface area contributed by atoms with Crippen molar-refractivity contribution < 1.29 is 14.6 Å². The molecule has 1 aliphatic heterocycles. The number of carbonyl (C=O) groups is 1. The van der Waals surface area contributed by atoms with Gasteiger partial charge in [-0.1, -0.05) is 46.8 Å². The highest BCUT2D eigenvalue weighted by molar-refractivity contribution is 5.84. The fourth-order valence-electron chi connectivity index (χ4n) is 14.4. The predicted molar refractivity (Wildman–Crippen MR) is 182 cm³/mol. The fourth-order valence-corrected chi connectivity index (χ4v) is 14.4. The molecule has 1 saturated heterocycles. The first kappa shape index (κ1) is 32.6. The molecule has 2 N–H and O–H groups in total. The number of amides is 1. The summed E-state index contributed by atoms with van der Waals surface area (Å²) in [4.78, 5) is 17.3. The van der Waals surface area contributed by atoms with Crippen LogP contribution in [0.25, 0.3) is 0 Å². The van der Waals surface area contributed by atoms with Crippen LogP contribution in [-0.2, 0) is 9.53 Å². The number of hydrogen-bond donors (Lipinski definition) is 2. The Morgan fingerprint density at radius 2 is 1.62 bits per heavy atom. The summed E-state index contributed by atoms with van der Waals surface area (Å²) < 4.78 is 5.58. The molecule has 7 fully saturated rings. The number of nitrogens with one attached hydrogen (secondary N) is 1. The van der Waals surface area contributed by atoms with E-state index in [0.29, 0.717) is 52.9 Å². The van der Waals surface area contributed by atoms with Crippen LogP contribution in [0.4, 0.5) is 0 Å². The number of allylic oxidation sites excluding steroid dienone is 1. The van der Waals surface area contributed by atoms with Gasteiger partial charge < -0.3 is 15.2 Å². The number of morpholine rings is 1. The van der Waals surface area contributed by atoms with Crippen molar-refractivity contribution in [1.82, 2.24) is 10.2 Å². The van der Waals surface area contributed by atoms with E-state index < -0.39 is 0 Å². The molecule has 1 amide bonds. The van der Waals surface area contributed by atoms with Crippen molar-refractivity contribution in [2.24, 2.45) is 62.6 Å². The molecule has 6 aliphatic carbocycles. The van der Waals surface area contributed by atoms with Gasteiger partial charge in [-0.2, -0.15) is 0 Å². The number of fused-ring (bicyclic) bond motifs is 7. The minimum Gasteiger partial charge on any atom is -0.393 e. The average Bonchev–Trinajstić information content (AvgIpc) is 3.61. The monoisotopic (exact) mass is 623 g/mol. The van der Waals surface area contributed by atoms with Crippen molar-refractivity contribution in [2.75, 3.05) is 32.8 Å². The maximum atomic E-state index is 14.7. The highest BCUT2D eigenvalue weighted by Gasteiger charge is 2.72. The van der Waals surface area contributed by atoms with E-state index >= 15 is 0 Å². The molecule has 0 bridgehead atoms. The lowest BCUT2D eigenvalue weighted by molar-refractivity contribution is -0.246. The number of rotatable bonds is 5. The van der Waals surface area contributed by atoms with E-state index in [9.17, 15) is 9.90 Å². The molecular formula is C40H66N2O3. The van der Waals surface area contributed by atoms with Gasteiger partial charge >= 0.3 is 0 Å². The molecule has 12 atom stereocenters. The van der Waals surface area contributed by atoms with Crippen molar-refractivity contribution >= 4 is 5.91 Å². The third kappa shape index (κ3) is 4.80. The molecule has 7 aliphatic rings. The van der Waals surface area contributed by atoms with E-state index in [2.05, 4.69) is 58.3 Å². The van der Waals surface area contributed by atoms with E-state index in [4.69, 9.17) is 4.74 Å². The molecule has 254 valence electrons. The SMILES string of the molecule is C=C(C)[C@@H]1CC[C@]2(C(=O)NC3CC[C@H](CN4CCOCC4)C3)CC[C@]3(C)[C@H](CC[C@@H]4[C@@]5(C)CC[C@H](O)C(C)(C)[C@@H]5CC[C@]43C)[C@@H]12. The summed E-state index contributed by atoms with van der Waals surface area (Å²) in [6.07, 6.45) is 14.9.